The number of sulfonamides is 1. The second kappa shape index (κ2) is 5.57. The van der Waals surface area contributed by atoms with Gasteiger partial charge < -0.3 is 4.52 Å². The minimum atomic E-state index is -3.59. The lowest BCUT2D eigenvalue weighted by Crippen LogP contribution is -2.52. The van der Waals surface area contributed by atoms with Crippen LogP contribution < -0.4 is 5.56 Å². The molecule has 124 valence electrons. The molecule has 1 aliphatic heterocycles. The largest absolute Gasteiger partial charge is 0.360 e. The molecule has 0 amide bonds. The maximum absolute atomic E-state index is 12.6. The minimum Gasteiger partial charge on any atom is -0.360 e. The minimum absolute atomic E-state index is 0.0669. The first kappa shape index (κ1) is 15.9. The van der Waals surface area contributed by atoms with E-state index in [-0.39, 0.29) is 16.4 Å². The van der Waals surface area contributed by atoms with Crippen LogP contribution in [-0.2, 0) is 16.6 Å². The predicted octanol–water partition coefficient (Wildman–Crippen LogP) is 0.477. The first-order chi connectivity index (χ1) is 10.8. The average Bonchev–Trinajstić information content (AvgIpc) is 2.77. The van der Waals surface area contributed by atoms with Gasteiger partial charge in [0.15, 0.2) is 5.76 Å². The molecule has 2 aromatic rings. The van der Waals surface area contributed by atoms with Gasteiger partial charge >= 0.3 is 0 Å². The molecule has 0 N–H and O–H groups in total. The highest BCUT2D eigenvalue weighted by Crippen LogP contribution is 2.29. The van der Waals surface area contributed by atoms with Crippen LogP contribution >= 0.6 is 0 Å². The number of hydrogen-bond acceptors (Lipinski definition) is 6. The van der Waals surface area contributed by atoms with Crippen molar-refractivity contribution in [1.82, 2.24) is 19.2 Å². The average molecular weight is 338 g/mol. The smallest absolute Gasteiger partial charge is 0.266 e. The van der Waals surface area contributed by atoms with Crippen molar-refractivity contribution >= 4 is 10.0 Å². The summed E-state index contributed by atoms with van der Waals surface area (Å²) >= 11 is 0. The van der Waals surface area contributed by atoms with Crippen LogP contribution in [0.15, 0.2) is 26.3 Å². The zero-order valence-corrected chi connectivity index (χ0v) is 14.0. The van der Waals surface area contributed by atoms with E-state index >= 15 is 0 Å². The van der Waals surface area contributed by atoms with Crippen LogP contribution in [0.1, 0.15) is 17.1 Å². The van der Waals surface area contributed by atoms with E-state index in [1.165, 1.54) is 15.1 Å². The van der Waals surface area contributed by atoms with Gasteiger partial charge in [0.05, 0.1) is 12.2 Å². The van der Waals surface area contributed by atoms with E-state index in [1.807, 2.05) is 6.92 Å². The van der Waals surface area contributed by atoms with Crippen molar-refractivity contribution in [2.24, 2.45) is 5.92 Å². The summed E-state index contributed by atoms with van der Waals surface area (Å²) in [6, 6.07) is 3.13. The van der Waals surface area contributed by atoms with E-state index in [0.717, 1.165) is 5.69 Å². The summed E-state index contributed by atoms with van der Waals surface area (Å²) in [5.41, 5.74) is 0.939. The highest BCUT2D eigenvalue weighted by Gasteiger charge is 2.39. The molecule has 9 heteroatoms. The van der Waals surface area contributed by atoms with E-state index in [4.69, 9.17) is 4.52 Å². The fraction of sp³-hybridized carbons (Fsp3) is 0.500. The summed E-state index contributed by atoms with van der Waals surface area (Å²) in [5.74, 6) is 0.361. The Hall–Kier alpha value is -2.00. The van der Waals surface area contributed by atoms with Crippen molar-refractivity contribution in [2.75, 3.05) is 13.1 Å². The molecule has 0 radical (unpaired) electrons. The standard InChI is InChI=1S/C14H18N4O4S/c1-9-4-5-13(19)18(15-9)8-12-6-17(7-12)23(20,21)14-10(2)16-22-11(14)3/h4-5,12H,6-8H2,1-3H3. The number of nitrogens with zero attached hydrogens (tertiary/aromatic N) is 4. The molecule has 8 nitrogen and oxygen atoms in total. The van der Waals surface area contributed by atoms with Crippen molar-refractivity contribution in [3.05, 3.63) is 39.6 Å². The number of aromatic nitrogens is 3. The number of hydrogen-bond donors (Lipinski definition) is 0. The van der Waals surface area contributed by atoms with Gasteiger partial charge in [0.1, 0.15) is 10.6 Å². The van der Waals surface area contributed by atoms with Gasteiger partial charge in [0, 0.05) is 25.1 Å². The molecule has 0 atom stereocenters. The first-order valence-corrected chi connectivity index (χ1v) is 8.71. The Bertz CT molecular complexity index is 874. The lowest BCUT2D eigenvalue weighted by molar-refractivity contribution is 0.172. The maximum atomic E-state index is 12.6. The van der Waals surface area contributed by atoms with Crippen LogP contribution in [0.3, 0.4) is 0 Å². The fourth-order valence-corrected chi connectivity index (χ4v) is 4.62. The van der Waals surface area contributed by atoms with Crippen molar-refractivity contribution in [3.63, 3.8) is 0 Å². The van der Waals surface area contributed by atoms with Gasteiger partial charge in [0.2, 0.25) is 10.0 Å². The molecule has 0 saturated carbocycles. The summed E-state index contributed by atoms with van der Waals surface area (Å²) < 4.78 is 32.9. The Morgan fingerprint density at radius 1 is 1.26 bits per heavy atom. The normalized spacial score (nSPS) is 16.5. The summed E-state index contributed by atoms with van der Waals surface area (Å²) in [7, 11) is -3.59. The van der Waals surface area contributed by atoms with Gasteiger partial charge in [-0.3, -0.25) is 4.79 Å². The van der Waals surface area contributed by atoms with E-state index in [9.17, 15) is 13.2 Å². The van der Waals surface area contributed by atoms with Crippen molar-refractivity contribution < 1.29 is 12.9 Å². The van der Waals surface area contributed by atoms with Crippen molar-refractivity contribution in [1.29, 1.82) is 0 Å². The molecule has 1 aliphatic rings. The van der Waals surface area contributed by atoms with E-state index < -0.39 is 10.0 Å². The van der Waals surface area contributed by atoms with Gasteiger partial charge in [-0.25, -0.2) is 13.1 Å². The van der Waals surface area contributed by atoms with Crippen molar-refractivity contribution in [3.8, 4) is 0 Å². The fourth-order valence-electron chi connectivity index (χ4n) is 2.73. The van der Waals surface area contributed by atoms with Gasteiger partial charge in [0.25, 0.3) is 5.56 Å². The quantitative estimate of drug-likeness (QED) is 0.804. The molecule has 0 aromatic carbocycles. The molecule has 3 rings (SSSR count). The van der Waals surface area contributed by atoms with Gasteiger partial charge in [-0.1, -0.05) is 5.16 Å². The van der Waals surface area contributed by atoms with Crippen LogP contribution in [-0.4, -0.2) is 40.7 Å². The summed E-state index contributed by atoms with van der Waals surface area (Å²) in [4.78, 5) is 11.9. The Morgan fingerprint density at radius 2 is 1.96 bits per heavy atom. The monoisotopic (exact) mass is 338 g/mol. The zero-order valence-electron chi connectivity index (χ0n) is 13.2. The Kier molecular flexibility index (Phi) is 3.85. The van der Waals surface area contributed by atoms with Crippen LogP contribution in [0.4, 0.5) is 0 Å². The number of aryl methyl sites for hydroxylation is 3. The van der Waals surface area contributed by atoms with Gasteiger partial charge in [-0.15, -0.1) is 0 Å². The maximum Gasteiger partial charge on any atom is 0.266 e. The molecule has 2 aromatic heterocycles. The third-order valence-corrected chi connectivity index (χ3v) is 6.00. The summed E-state index contributed by atoms with van der Waals surface area (Å²) in [6.45, 7) is 6.12. The van der Waals surface area contributed by atoms with Crippen LogP contribution in [0.5, 0.6) is 0 Å². The zero-order chi connectivity index (χ0) is 16.8. The molecule has 23 heavy (non-hydrogen) atoms. The molecule has 1 fully saturated rings. The lowest BCUT2D eigenvalue weighted by Gasteiger charge is -2.37. The molecular formula is C14H18N4O4S. The number of rotatable bonds is 4. The second-order valence-electron chi connectivity index (χ2n) is 5.84. The Balaban J connectivity index is 1.72. The third kappa shape index (κ3) is 2.81. The molecular weight excluding hydrogens is 320 g/mol. The van der Waals surface area contributed by atoms with Crippen LogP contribution in [0.2, 0.25) is 0 Å². The van der Waals surface area contributed by atoms with E-state index in [0.29, 0.717) is 31.1 Å². The van der Waals surface area contributed by atoms with Gasteiger partial charge in [-0.05, 0) is 26.8 Å². The highest BCUT2D eigenvalue weighted by atomic mass is 32.2. The van der Waals surface area contributed by atoms with E-state index in [2.05, 4.69) is 10.3 Å². The first-order valence-electron chi connectivity index (χ1n) is 7.27. The molecule has 0 spiro atoms. The topological polar surface area (TPSA) is 98.3 Å². The Labute approximate surface area is 133 Å². The second-order valence-corrected chi connectivity index (χ2v) is 7.71. The molecule has 0 aliphatic carbocycles. The third-order valence-electron chi connectivity index (χ3n) is 3.92. The molecule has 1 saturated heterocycles. The van der Waals surface area contributed by atoms with E-state index in [1.54, 1.807) is 19.9 Å². The summed E-state index contributed by atoms with van der Waals surface area (Å²) in [6.07, 6.45) is 0. The molecule has 0 unspecified atom stereocenters. The summed E-state index contributed by atoms with van der Waals surface area (Å²) in [5, 5.41) is 7.87. The van der Waals surface area contributed by atoms with Gasteiger partial charge in [-0.2, -0.15) is 9.40 Å². The molecule has 0 bridgehead atoms. The highest BCUT2D eigenvalue weighted by molar-refractivity contribution is 7.89. The van der Waals surface area contributed by atoms with Crippen LogP contribution in [0, 0.1) is 26.7 Å². The predicted molar refractivity (Wildman–Crippen MR) is 81.5 cm³/mol. The molecule has 3 heterocycles. The SMILES string of the molecule is Cc1ccc(=O)n(CC2CN(S(=O)(=O)c3c(C)noc3C)C2)n1. The van der Waals surface area contributed by atoms with Crippen molar-refractivity contribution in [2.45, 2.75) is 32.2 Å². The van der Waals surface area contributed by atoms with Crippen LogP contribution in [0.25, 0.3) is 0 Å². The lowest BCUT2D eigenvalue weighted by atomic mass is 10.0. The Morgan fingerprint density at radius 3 is 2.57 bits per heavy atom.